The number of rotatable bonds is 9. The number of likely N-dealkylation sites (tertiary alicyclic amines) is 1. The number of phenolic OH excluding ortho intramolecular Hbond substituents is 2. The zero-order valence-electron chi connectivity index (χ0n) is 21.3. The number of carbonyl (C=O) groups excluding carboxylic acids is 1. The highest BCUT2D eigenvalue weighted by Crippen LogP contribution is 2.37. The highest BCUT2D eigenvalue weighted by atomic mass is 16.3. The van der Waals surface area contributed by atoms with Crippen LogP contribution in [0.2, 0.25) is 0 Å². The van der Waals surface area contributed by atoms with Gasteiger partial charge in [-0.3, -0.25) is 9.69 Å². The smallest absolute Gasteiger partial charge is 0.220 e. The minimum atomic E-state index is 0.0201. The molecule has 36 heavy (non-hydrogen) atoms. The Bertz CT molecular complexity index is 1120. The van der Waals surface area contributed by atoms with E-state index in [-0.39, 0.29) is 17.7 Å². The molecule has 1 amide bonds. The molecule has 0 spiro atoms. The van der Waals surface area contributed by atoms with E-state index in [1.54, 1.807) is 18.2 Å². The molecule has 0 aromatic heterocycles. The maximum atomic E-state index is 12.9. The Morgan fingerprint density at radius 1 is 0.944 bits per heavy atom. The number of nitrogens with one attached hydrogen (secondary N) is 1. The lowest BCUT2D eigenvalue weighted by Crippen LogP contribution is -2.52. The van der Waals surface area contributed by atoms with E-state index in [0.717, 1.165) is 31.5 Å². The highest BCUT2D eigenvalue weighted by molar-refractivity contribution is 5.76. The molecule has 0 aliphatic carbocycles. The van der Waals surface area contributed by atoms with Crippen molar-refractivity contribution in [3.8, 4) is 11.5 Å². The van der Waals surface area contributed by atoms with Crippen LogP contribution < -0.4 is 5.32 Å². The fourth-order valence-corrected chi connectivity index (χ4v) is 5.49. The van der Waals surface area contributed by atoms with Crippen molar-refractivity contribution in [1.29, 1.82) is 0 Å². The van der Waals surface area contributed by atoms with Gasteiger partial charge >= 0.3 is 0 Å². The van der Waals surface area contributed by atoms with Crippen LogP contribution in [0.4, 0.5) is 0 Å². The van der Waals surface area contributed by atoms with Crippen molar-refractivity contribution in [1.82, 2.24) is 10.2 Å². The Balaban J connectivity index is 1.40. The van der Waals surface area contributed by atoms with Crippen molar-refractivity contribution in [3.63, 3.8) is 0 Å². The van der Waals surface area contributed by atoms with Crippen LogP contribution >= 0.6 is 0 Å². The monoisotopic (exact) mass is 486 g/mol. The molecule has 0 bridgehead atoms. The molecule has 4 atom stereocenters. The average molecular weight is 487 g/mol. The first-order valence-electron chi connectivity index (χ1n) is 13.0. The molecule has 1 aliphatic rings. The number of hydrogen-bond donors (Lipinski definition) is 3. The summed E-state index contributed by atoms with van der Waals surface area (Å²) in [5, 5.41) is 22.8. The van der Waals surface area contributed by atoms with E-state index in [1.165, 1.54) is 11.1 Å². The summed E-state index contributed by atoms with van der Waals surface area (Å²) >= 11 is 0. The van der Waals surface area contributed by atoms with Gasteiger partial charge in [0, 0.05) is 25.0 Å². The Morgan fingerprint density at radius 2 is 1.69 bits per heavy atom. The van der Waals surface area contributed by atoms with Crippen LogP contribution in [0.25, 0.3) is 0 Å². The van der Waals surface area contributed by atoms with Gasteiger partial charge in [0.05, 0.1) is 0 Å². The van der Waals surface area contributed by atoms with Crippen LogP contribution in [0.15, 0.2) is 78.9 Å². The standard InChI is InChI=1S/C31H38N2O3/c1-22-23(2)33(18-17-30(22)26-9-6-10-29(35)20-26)21-27(19-25-7-4-3-5-8-25)32-31(36)16-13-24-11-14-28(34)15-12-24/h3-12,14-15,20,22-23,27,30,34-35H,13,16-19,21H2,1-2H3,(H,32,36)/t22-,23?,27-,30+/m0/s1. The molecule has 190 valence electrons. The Morgan fingerprint density at radius 3 is 2.42 bits per heavy atom. The van der Waals surface area contributed by atoms with Crippen molar-refractivity contribution in [2.45, 2.75) is 57.5 Å². The summed E-state index contributed by atoms with van der Waals surface area (Å²) in [5.41, 5.74) is 3.47. The zero-order chi connectivity index (χ0) is 25.5. The summed E-state index contributed by atoms with van der Waals surface area (Å²) in [6.07, 6.45) is 2.88. The first-order valence-corrected chi connectivity index (χ1v) is 13.0. The molecule has 0 saturated carbocycles. The lowest BCUT2D eigenvalue weighted by molar-refractivity contribution is -0.122. The summed E-state index contributed by atoms with van der Waals surface area (Å²) in [6.45, 7) is 6.35. The molecule has 3 aromatic carbocycles. The van der Waals surface area contributed by atoms with Gasteiger partial charge in [0.2, 0.25) is 5.91 Å². The van der Waals surface area contributed by atoms with Crippen LogP contribution in [0.1, 0.15) is 49.3 Å². The number of piperidine rings is 1. The molecule has 1 aliphatic heterocycles. The summed E-state index contributed by atoms with van der Waals surface area (Å²) < 4.78 is 0. The van der Waals surface area contributed by atoms with Gasteiger partial charge in [-0.25, -0.2) is 0 Å². The quantitative estimate of drug-likeness (QED) is 0.385. The molecule has 0 radical (unpaired) electrons. The third-order valence-corrected chi connectivity index (χ3v) is 7.72. The maximum absolute atomic E-state index is 12.9. The van der Waals surface area contributed by atoms with Gasteiger partial charge in [0.25, 0.3) is 0 Å². The fraction of sp³-hybridized carbons (Fsp3) is 0.387. The minimum Gasteiger partial charge on any atom is -0.508 e. The van der Waals surface area contributed by atoms with Gasteiger partial charge in [-0.2, -0.15) is 0 Å². The number of nitrogens with zero attached hydrogens (tertiary/aromatic N) is 1. The van der Waals surface area contributed by atoms with E-state index in [1.807, 2.05) is 42.5 Å². The predicted molar refractivity (Wildman–Crippen MR) is 144 cm³/mol. The molecule has 4 rings (SSSR count). The molecule has 1 unspecified atom stereocenters. The van der Waals surface area contributed by atoms with E-state index in [2.05, 4.69) is 42.3 Å². The van der Waals surface area contributed by atoms with E-state index in [0.29, 0.717) is 36.5 Å². The zero-order valence-corrected chi connectivity index (χ0v) is 21.3. The molecular formula is C31H38N2O3. The summed E-state index contributed by atoms with van der Waals surface area (Å²) in [6, 6.07) is 25.5. The molecule has 1 heterocycles. The Kier molecular flexibility index (Phi) is 8.65. The van der Waals surface area contributed by atoms with Gasteiger partial charge in [0.1, 0.15) is 11.5 Å². The summed E-state index contributed by atoms with van der Waals surface area (Å²) in [5.74, 6) is 1.47. The average Bonchev–Trinajstić information content (AvgIpc) is 2.87. The van der Waals surface area contributed by atoms with E-state index in [9.17, 15) is 15.0 Å². The summed E-state index contributed by atoms with van der Waals surface area (Å²) in [7, 11) is 0. The maximum Gasteiger partial charge on any atom is 0.220 e. The van der Waals surface area contributed by atoms with E-state index >= 15 is 0 Å². The normalized spacial score (nSPS) is 21.1. The molecule has 1 fully saturated rings. The van der Waals surface area contributed by atoms with Crippen molar-refractivity contribution >= 4 is 5.91 Å². The largest absolute Gasteiger partial charge is 0.508 e. The van der Waals surface area contributed by atoms with Crippen LogP contribution in [0, 0.1) is 5.92 Å². The highest BCUT2D eigenvalue weighted by Gasteiger charge is 2.34. The number of hydrogen-bond acceptors (Lipinski definition) is 4. The number of carbonyl (C=O) groups is 1. The lowest BCUT2D eigenvalue weighted by atomic mass is 9.77. The van der Waals surface area contributed by atoms with E-state index < -0.39 is 0 Å². The van der Waals surface area contributed by atoms with Gasteiger partial charge in [0.15, 0.2) is 0 Å². The second kappa shape index (κ2) is 12.1. The van der Waals surface area contributed by atoms with Crippen LogP contribution in [0.3, 0.4) is 0 Å². The van der Waals surface area contributed by atoms with E-state index in [4.69, 9.17) is 0 Å². The van der Waals surface area contributed by atoms with Crippen molar-refractivity contribution in [2.75, 3.05) is 13.1 Å². The Hall–Kier alpha value is -3.31. The topological polar surface area (TPSA) is 72.8 Å². The number of amides is 1. The van der Waals surface area contributed by atoms with Crippen LogP contribution in [-0.4, -0.2) is 46.2 Å². The number of benzene rings is 3. The lowest BCUT2D eigenvalue weighted by Gasteiger charge is -2.44. The molecule has 5 nitrogen and oxygen atoms in total. The molecule has 1 saturated heterocycles. The molecule has 5 heteroatoms. The number of aryl methyl sites for hydroxylation is 1. The second-order valence-corrected chi connectivity index (χ2v) is 10.2. The van der Waals surface area contributed by atoms with Gasteiger partial charge < -0.3 is 15.5 Å². The number of aromatic hydroxyl groups is 2. The third kappa shape index (κ3) is 6.88. The third-order valence-electron chi connectivity index (χ3n) is 7.72. The first-order chi connectivity index (χ1) is 17.4. The predicted octanol–water partition coefficient (Wildman–Crippen LogP) is 5.27. The Labute approximate surface area is 214 Å². The van der Waals surface area contributed by atoms with Crippen molar-refractivity contribution in [3.05, 3.63) is 95.6 Å². The van der Waals surface area contributed by atoms with Crippen LogP contribution in [-0.2, 0) is 17.6 Å². The molecular weight excluding hydrogens is 448 g/mol. The first kappa shape index (κ1) is 25.8. The van der Waals surface area contributed by atoms with Crippen molar-refractivity contribution in [2.24, 2.45) is 5.92 Å². The van der Waals surface area contributed by atoms with Gasteiger partial charge in [-0.05, 0) is 85.5 Å². The van der Waals surface area contributed by atoms with Gasteiger partial charge in [-0.15, -0.1) is 0 Å². The summed E-state index contributed by atoms with van der Waals surface area (Å²) in [4.78, 5) is 15.4. The minimum absolute atomic E-state index is 0.0201. The van der Waals surface area contributed by atoms with Crippen molar-refractivity contribution < 1.29 is 15.0 Å². The number of phenols is 2. The molecule has 3 aromatic rings. The second-order valence-electron chi connectivity index (χ2n) is 10.2. The van der Waals surface area contributed by atoms with Crippen LogP contribution in [0.5, 0.6) is 11.5 Å². The van der Waals surface area contributed by atoms with Gasteiger partial charge in [-0.1, -0.05) is 61.5 Å². The SMILES string of the molecule is CC1[C@H](C)[C@H](c2cccc(O)c2)CCN1C[C@H](Cc1ccccc1)NC(=O)CCc1ccc(O)cc1. The molecule has 3 N–H and O–H groups in total. The fourth-order valence-electron chi connectivity index (χ4n) is 5.49.